The monoisotopic (exact) mass is 356 g/mol. The Hall–Kier alpha value is -3.35. The molecule has 0 bridgehead atoms. The number of carbonyl (C=O) groups is 1. The van der Waals surface area contributed by atoms with Gasteiger partial charge in [0.1, 0.15) is 24.8 Å². The van der Waals surface area contributed by atoms with E-state index in [0.717, 1.165) is 5.69 Å². The number of nitrogens with zero attached hydrogens (tertiary/aromatic N) is 2. The largest absolute Gasteiger partial charge is 0.493 e. The maximum Gasteiger partial charge on any atom is 0.362 e. The van der Waals surface area contributed by atoms with E-state index in [1.807, 2.05) is 30.3 Å². The molecule has 6 nitrogen and oxygen atoms in total. The van der Waals surface area contributed by atoms with E-state index in [1.165, 1.54) is 31.4 Å². The number of benzene rings is 2. The second-order valence-electron chi connectivity index (χ2n) is 5.26. The van der Waals surface area contributed by atoms with E-state index in [9.17, 15) is 9.18 Å². The van der Waals surface area contributed by atoms with Crippen molar-refractivity contribution >= 4 is 5.97 Å². The highest BCUT2D eigenvalue weighted by atomic mass is 19.1. The lowest BCUT2D eigenvalue weighted by Crippen LogP contribution is -2.14. The second-order valence-corrected chi connectivity index (χ2v) is 5.26. The standard InChI is InChI=1S/C19H17FN2O4/c1-24-17-13-22(15-5-3-2-4-6-15)21-18(17)19(23)26-12-11-25-16-9-7-14(20)8-10-16/h2-10,13H,11-12H2,1H3. The molecule has 0 radical (unpaired) electrons. The predicted molar refractivity (Wildman–Crippen MR) is 92.3 cm³/mol. The van der Waals surface area contributed by atoms with E-state index in [-0.39, 0.29) is 24.7 Å². The fourth-order valence-corrected chi connectivity index (χ4v) is 2.25. The molecule has 7 heteroatoms. The average molecular weight is 356 g/mol. The van der Waals surface area contributed by atoms with Crippen LogP contribution in [-0.4, -0.2) is 36.1 Å². The molecule has 0 saturated heterocycles. The van der Waals surface area contributed by atoms with Gasteiger partial charge in [0.05, 0.1) is 19.0 Å². The molecule has 0 unspecified atom stereocenters. The van der Waals surface area contributed by atoms with E-state index < -0.39 is 5.97 Å². The van der Waals surface area contributed by atoms with Gasteiger partial charge >= 0.3 is 5.97 Å². The van der Waals surface area contributed by atoms with Gasteiger partial charge in [0.15, 0.2) is 5.75 Å². The van der Waals surface area contributed by atoms with Crippen molar-refractivity contribution in [3.05, 3.63) is 72.3 Å². The summed E-state index contributed by atoms with van der Waals surface area (Å²) >= 11 is 0. The number of para-hydroxylation sites is 1. The molecule has 0 aliphatic carbocycles. The third-order valence-electron chi connectivity index (χ3n) is 3.51. The number of methoxy groups -OCH3 is 1. The Bertz CT molecular complexity index is 863. The van der Waals surface area contributed by atoms with Crippen molar-refractivity contribution in [3.63, 3.8) is 0 Å². The third-order valence-corrected chi connectivity index (χ3v) is 3.51. The van der Waals surface area contributed by atoms with Crippen LogP contribution in [0.25, 0.3) is 5.69 Å². The first-order chi connectivity index (χ1) is 12.7. The van der Waals surface area contributed by atoms with Gasteiger partial charge in [0, 0.05) is 0 Å². The number of esters is 1. The molecule has 3 rings (SSSR count). The van der Waals surface area contributed by atoms with E-state index >= 15 is 0 Å². The van der Waals surface area contributed by atoms with Crippen LogP contribution in [0.15, 0.2) is 60.8 Å². The Labute approximate surface area is 149 Å². The smallest absolute Gasteiger partial charge is 0.362 e. The van der Waals surface area contributed by atoms with Gasteiger partial charge in [-0.05, 0) is 36.4 Å². The molecule has 134 valence electrons. The van der Waals surface area contributed by atoms with Crippen LogP contribution in [0.5, 0.6) is 11.5 Å². The molecule has 0 amide bonds. The topological polar surface area (TPSA) is 62.6 Å². The van der Waals surface area contributed by atoms with Crippen LogP contribution in [0.1, 0.15) is 10.5 Å². The minimum absolute atomic E-state index is 0.0254. The molecule has 3 aromatic rings. The summed E-state index contributed by atoms with van der Waals surface area (Å²) in [5, 5.41) is 4.23. The van der Waals surface area contributed by atoms with Crippen LogP contribution in [0, 0.1) is 5.82 Å². The molecule has 0 aliphatic rings. The molecule has 2 aromatic carbocycles. The second kappa shape index (κ2) is 8.15. The van der Waals surface area contributed by atoms with Crippen LogP contribution in [0.3, 0.4) is 0 Å². The molecule has 26 heavy (non-hydrogen) atoms. The summed E-state index contributed by atoms with van der Waals surface area (Å²) in [6.45, 7) is 0.163. The Morgan fingerprint density at radius 1 is 1.08 bits per heavy atom. The van der Waals surface area contributed by atoms with Crippen LogP contribution in [0.4, 0.5) is 4.39 Å². The fraction of sp³-hybridized carbons (Fsp3) is 0.158. The highest BCUT2D eigenvalue weighted by molar-refractivity contribution is 5.90. The Morgan fingerprint density at radius 2 is 1.81 bits per heavy atom. The third kappa shape index (κ3) is 4.18. The summed E-state index contributed by atoms with van der Waals surface area (Å²) in [4.78, 5) is 12.2. The number of rotatable bonds is 7. The maximum absolute atomic E-state index is 12.8. The van der Waals surface area contributed by atoms with Gasteiger partial charge in [-0.2, -0.15) is 5.10 Å². The Balaban J connectivity index is 1.59. The first-order valence-electron chi connectivity index (χ1n) is 7.92. The van der Waals surface area contributed by atoms with Gasteiger partial charge in [-0.3, -0.25) is 0 Å². The lowest BCUT2D eigenvalue weighted by molar-refractivity contribution is 0.0439. The van der Waals surface area contributed by atoms with Crippen LogP contribution in [-0.2, 0) is 4.74 Å². The van der Waals surface area contributed by atoms with Gasteiger partial charge < -0.3 is 14.2 Å². The van der Waals surface area contributed by atoms with Crippen LogP contribution < -0.4 is 9.47 Å². The molecule has 0 aliphatic heterocycles. The van der Waals surface area contributed by atoms with Gasteiger partial charge in [-0.1, -0.05) is 18.2 Å². The van der Waals surface area contributed by atoms with Crippen molar-refractivity contribution in [2.75, 3.05) is 20.3 Å². The van der Waals surface area contributed by atoms with Gasteiger partial charge in [0.2, 0.25) is 5.69 Å². The predicted octanol–water partition coefficient (Wildman–Crippen LogP) is 3.26. The molecule has 0 N–H and O–H groups in total. The SMILES string of the molecule is COc1cn(-c2ccccc2)nc1C(=O)OCCOc1ccc(F)cc1. The molecule has 0 atom stereocenters. The average Bonchev–Trinajstić information content (AvgIpc) is 3.12. The van der Waals surface area contributed by atoms with Crippen molar-refractivity contribution < 1.29 is 23.4 Å². The Morgan fingerprint density at radius 3 is 2.50 bits per heavy atom. The zero-order valence-electron chi connectivity index (χ0n) is 14.1. The summed E-state index contributed by atoms with van der Waals surface area (Å²) in [5.74, 6) is -0.143. The van der Waals surface area contributed by atoms with E-state index in [2.05, 4.69) is 5.10 Å². The number of halogens is 1. The van der Waals surface area contributed by atoms with Crippen molar-refractivity contribution in [1.29, 1.82) is 0 Å². The highest BCUT2D eigenvalue weighted by Gasteiger charge is 2.19. The van der Waals surface area contributed by atoms with E-state index in [0.29, 0.717) is 11.5 Å². The number of aromatic nitrogens is 2. The summed E-state index contributed by atoms with van der Waals surface area (Å²) < 4.78 is 30.1. The van der Waals surface area contributed by atoms with E-state index in [4.69, 9.17) is 14.2 Å². The maximum atomic E-state index is 12.8. The summed E-state index contributed by atoms with van der Waals surface area (Å²) in [6, 6.07) is 14.9. The number of hydrogen-bond acceptors (Lipinski definition) is 5. The number of carbonyl (C=O) groups excluding carboxylic acids is 1. The molecule has 0 fully saturated rings. The minimum atomic E-state index is -0.612. The first-order valence-corrected chi connectivity index (χ1v) is 7.92. The van der Waals surface area contributed by atoms with E-state index in [1.54, 1.807) is 10.9 Å². The zero-order chi connectivity index (χ0) is 18.4. The summed E-state index contributed by atoms with van der Waals surface area (Å²) in [5.41, 5.74) is 0.877. The van der Waals surface area contributed by atoms with Gasteiger partial charge in [-0.15, -0.1) is 0 Å². The molecule has 1 heterocycles. The van der Waals surface area contributed by atoms with Crippen LogP contribution >= 0.6 is 0 Å². The quantitative estimate of drug-likeness (QED) is 0.480. The fourth-order valence-electron chi connectivity index (χ4n) is 2.25. The van der Waals surface area contributed by atoms with Crippen molar-refractivity contribution in [1.82, 2.24) is 9.78 Å². The molecular weight excluding hydrogens is 339 g/mol. The van der Waals surface area contributed by atoms with Crippen molar-refractivity contribution in [3.8, 4) is 17.2 Å². The lowest BCUT2D eigenvalue weighted by Gasteiger charge is -2.07. The van der Waals surface area contributed by atoms with Crippen molar-refractivity contribution in [2.24, 2.45) is 0 Å². The Kier molecular flexibility index (Phi) is 5.48. The number of hydrogen-bond donors (Lipinski definition) is 0. The van der Waals surface area contributed by atoms with Gasteiger partial charge in [-0.25, -0.2) is 13.9 Å². The van der Waals surface area contributed by atoms with Crippen LogP contribution in [0.2, 0.25) is 0 Å². The summed E-state index contributed by atoms with van der Waals surface area (Å²) in [7, 11) is 1.46. The van der Waals surface area contributed by atoms with Crippen molar-refractivity contribution in [2.45, 2.75) is 0 Å². The molecule has 0 saturated carbocycles. The number of ether oxygens (including phenoxy) is 3. The first kappa shape index (κ1) is 17.5. The minimum Gasteiger partial charge on any atom is -0.493 e. The highest BCUT2D eigenvalue weighted by Crippen LogP contribution is 2.20. The lowest BCUT2D eigenvalue weighted by atomic mass is 10.3. The molecule has 0 spiro atoms. The zero-order valence-corrected chi connectivity index (χ0v) is 14.1. The molecule has 1 aromatic heterocycles. The normalized spacial score (nSPS) is 10.4. The molecular formula is C19H17FN2O4. The van der Waals surface area contributed by atoms with Gasteiger partial charge in [0.25, 0.3) is 0 Å². The summed E-state index contributed by atoms with van der Waals surface area (Å²) in [6.07, 6.45) is 1.61.